The average Bonchev–Trinajstić information content (AvgIpc) is 2.78. The van der Waals surface area contributed by atoms with Crippen LogP contribution in [0.15, 0.2) is 48.7 Å². The molecular weight excluding hydrogens is 462 g/mol. The maximum absolute atomic E-state index is 13.8. The van der Waals surface area contributed by atoms with E-state index in [1.165, 1.54) is 0 Å². The molecule has 1 nitrogen and oxygen atoms in total. The molecule has 0 amide bonds. The molecule has 0 saturated heterocycles. The minimum atomic E-state index is -1.76. The molecule has 1 heterocycles. The van der Waals surface area contributed by atoms with Gasteiger partial charge in [-0.15, -0.1) is 0 Å². The zero-order valence-corrected chi connectivity index (χ0v) is 16.0. The van der Waals surface area contributed by atoms with Gasteiger partial charge < -0.3 is 4.28 Å². The van der Waals surface area contributed by atoms with Crippen molar-refractivity contribution < 1.29 is 43.8 Å². The van der Waals surface area contributed by atoms with Gasteiger partial charge in [0.25, 0.3) is 0 Å². The molecule has 0 aromatic heterocycles. The molecule has 4 rings (SSSR count). The topological polar surface area (TPSA) is 2.70 Å². The van der Waals surface area contributed by atoms with Crippen LogP contribution >= 0.6 is 0 Å². The summed E-state index contributed by atoms with van der Waals surface area (Å²) in [7, 11) is 1.03. The Morgan fingerprint density at radius 1 is 0.515 bits per heavy atom. The van der Waals surface area contributed by atoms with Crippen LogP contribution in [0.4, 0.5) is 39.5 Å². The third-order valence-corrected chi connectivity index (χ3v) is 4.68. The van der Waals surface area contributed by atoms with Gasteiger partial charge in [-0.2, -0.15) is 0 Å². The summed E-state index contributed by atoms with van der Waals surface area (Å²) in [5, 5.41) is 0. The predicted octanol–water partition coefficient (Wildman–Crippen LogP) is 6.92. The molecule has 33 heavy (non-hydrogen) atoms. The molecule has 1 aliphatic heterocycles. The van der Waals surface area contributed by atoms with Gasteiger partial charge in [-0.3, -0.25) is 0 Å². The fourth-order valence-electron chi connectivity index (χ4n) is 3.09. The highest BCUT2D eigenvalue weighted by atomic mass is 19.2. The second-order valence-corrected chi connectivity index (χ2v) is 6.87. The summed E-state index contributed by atoms with van der Waals surface area (Å²) < 4.78 is 125. The molecule has 1 aliphatic rings. The molecule has 0 unspecified atom stereocenters. The van der Waals surface area contributed by atoms with E-state index < -0.39 is 52.4 Å². The molecule has 11 heteroatoms. The SMILES string of the molecule is Fc1cc(C2=CC(c3cc(F)c(F)c(F)c3)=C[O+](c3cc(F)c(F)c(F)c3)[B]2)cc(F)c1F. The third kappa shape index (κ3) is 4.22. The number of benzene rings is 3. The first-order valence-electron chi connectivity index (χ1n) is 9.00. The van der Waals surface area contributed by atoms with Gasteiger partial charge >= 0.3 is 7.48 Å². The van der Waals surface area contributed by atoms with E-state index in [2.05, 4.69) is 0 Å². The second-order valence-electron chi connectivity index (χ2n) is 6.87. The summed E-state index contributed by atoms with van der Waals surface area (Å²) in [4.78, 5) is 0. The molecule has 0 atom stereocenters. The quantitative estimate of drug-likeness (QED) is 0.169. The average molecular weight is 470 g/mol. The Hall–Kier alpha value is -3.63. The largest absolute Gasteiger partial charge is 0.700 e. The Bertz CT molecular complexity index is 1280. The van der Waals surface area contributed by atoms with E-state index in [0.29, 0.717) is 36.4 Å². The van der Waals surface area contributed by atoms with Gasteiger partial charge in [-0.1, -0.05) is 0 Å². The zero-order valence-electron chi connectivity index (χ0n) is 16.0. The summed E-state index contributed by atoms with van der Waals surface area (Å²) in [6.07, 6.45) is 2.18. The van der Waals surface area contributed by atoms with E-state index in [-0.39, 0.29) is 27.9 Å². The zero-order chi connectivity index (χ0) is 24.0. The van der Waals surface area contributed by atoms with Crippen molar-refractivity contribution in [2.24, 2.45) is 0 Å². The molecule has 0 fully saturated rings. The van der Waals surface area contributed by atoms with E-state index >= 15 is 0 Å². The lowest BCUT2D eigenvalue weighted by Crippen LogP contribution is -2.15. The van der Waals surface area contributed by atoms with Crippen LogP contribution in [-0.4, -0.2) is 7.48 Å². The Labute approximate surface area is 181 Å². The second kappa shape index (κ2) is 8.38. The van der Waals surface area contributed by atoms with Crippen molar-refractivity contribution in [3.63, 3.8) is 0 Å². The van der Waals surface area contributed by atoms with E-state index in [1.54, 1.807) is 0 Å². The fraction of sp³-hybridized carbons (Fsp3) is 0. The lowest BCUT2D eigenvalue weighted by molar-refractivity contribution is 0.247. The van der Waals surface area contributed by atoms with Gasteiger partial charge in [-0.25, -0.2) is 39.5 Å². The first-order valence-corrected chi connectivity index (χ1v) is 9.00. The molecule has 167 valence electrons. The highest BCUT2D eigenvalue weighted by Crippen LogP contribution is 2.37. The van der Waals surface area contributed by atoms with Crippen LogP contribution in [0.1, 0.15) is 11.1 Å². The highest BCUT2D eigenvalue weighted by Gasteiger charge is 2.31. The van der Waals surface area contributed by atoms with E-state index in [4.69, 9.17) is 0 Å². The number of halogens is 9. The van der Waals surface area contributed by atoms with E-state index in [0.717, 1.165) is 19.8 Å². The minimum Gasteiger partial charge on any atom is -0.649 e. The molecule has 3 aromatic carbocycles. The molecule has 1 radical (unpaired) electrons. The van der Waals surface area contributed by atoms with Crippen LogP contribution in [0.3, 0.4) is 0 Å². The molecule has 0 spiro atoms. The molecular formula is C22H8BF9O+. The summed E-state index contributed by atoms with van der Waals surface area (Å²) >= 11 is 0. The fourth-order valence-corrected chi connectivity index (χ4v) is 3.09. The Morgan fingerprint density at radius 2 is 0.909 bits per heavy atom. The van der Waals surface area contributed by atoms with Gasteiger partial charge in [0.2, 0.25) is 12.0 Å². The molecule has 0 aliphatic carbocycles. The molecule has 0 bridgehead atoms. The summed E-state index contributed by atoms with van der Waals surface area (Å²) in [6.45, 7) is 0. The van der Waals surface area contributed by atoms with E-state index in [1.807, 2.05) is 4.28 Å². The van der Waals surface area contributed by atoms with Crippen molar-refractivity contribution >= 4 is 18.5 Å². The summed E-state index contributed by atoms with van der Waals surface area (Å²) in [5.41, 5.74) is -0.766. The Balaban J connectivity index is 1.89. The standard InChI is InChI=1S/C22H8BF9O/c24-14-2-9(3-15(25)20(14)30)11-1-13(10-4-16(26)21(31)17(27)5-10)23-33(8-11)12-6-18(28)22(32)19(29)7-12/h1-8H/q+1. The van der Waals surface area contributed by atoms with Gasteiger partial charge in [-0.05, 0) is 41.5 Å². The molecule has 0 N–H and O–H groups in total. The predicted molar refractivity (Wildman–Crippen MR) is 101 cm³/mol. The molecule has 3 aromatic rings. The van der Waals surface area contributed by atoms with Gasteiger partial charge in [0.05, 0.1) is 17.7 Å². The number of rotatable bonds is 3. The molecule has 0 saturated carbocycles. The van der Waals surface area contributed by atoms with Crippen molar-refractivity contribution in [2.45, 2.75) is 0 Å². The van der Waals surface area contributed by atoms with Crippen LogP contribution in [-0.2, 0) is 4.28 Å². The highest BCUT2D eigenvalue weighted by molar-refractivity contribution is 6.57. The smallest absolute Gasteiger partial charge is 0.649 e. The van der Waals surface area contributed by atoms with Crippen LogP contribution < -0.4 is 0 Å². The first-order chi connectivity index (χ1) is 15.5. The maximum atomic E-state index is 13.8. The van der Waals surface area contributed by atoms with Crippen LogP contribution in [0.25, 0.3) is 11.0 Å². The summed E-state index contributed by atoms with van der Waals surface area (Å²) in [6, 6.07) is 3.57. The Kier molecular flexibility index (Phi) is 5.73. The van der Waals surface area contributed by atoms with Gasteiger partial charge in [0.15, 0.2) is 52.4 Å². The Morgan fingerprint density at radius 3 is 1.36 bits per heavy atom. The maximum Gasteiger partial charge on any atom is 0.700 e. The third-order valence-electron chi connectivity index (χ3n) is 4.68. The number of allylic oxidation sites excluding steroid dienone is 2. The summed E-state index contributed by atoms with van der Waals surface area (Å²) in [5.74, 6) is -15.0. The van der Waals surface area contributed by atoms with Crippen LogP contribution in [0, 0.1) is 52.4 Å². The van der Waals surface area contributed by atoms with Crippen molar-refractivity contribution in [1.29, 1.82) is 0 Å². The van der Waals surface area contributed by atoms with Crippen molar-refractivity contribution in [3.05, 3.63) is 112 Å². The minimum absolute atomic E-state index is 0.120. The lowest BCUT2D eigenvalue weighted by Gasteiger charge is -2.25. The number of hydrogen-bond donors (Lipinski definition) is 0. The van der Waals surface area contributed by atoms with E-state index in [9.17, 15) is 39.5 Å². The van der Waals surface area contributed by atoms with Crippen LogP contribution in [0.2, 0.25) is 0 Å². The first kappa shape index (κ1) is 22.6. The van der Waals surface area contributed by atoms with Crippen molar-refractivity contribution in [3.8, 4) is 5.75 Å². The number of hydrogen-bond acceptors (Lipinski definition) is 0. The van der Waals surface area contributed by atoms with Gasteiger partial charge in [0, 0.05) is 5.47 Å². The monoisotopic (exact) mass is 470 g/mol. The normalized spacial score (nSPS) is 13.5. The van der Waals surface area contributed by atoms with Crippen molar-refractivity contribution in [1.82, 2.24) is 0 Å². The van der Waals surface area contributed by atoms with Crippen molar-refractivity contribution in [2.75, 3.05) is 0 Å². The van der Waals surface area contributed by atoms with Gasteiger partial charge in [0.1, 0.15) is 0 Å². The lowest BCUT2D eigenvalue weighted by atomic mass is 9.77. The van der Waals surface area contributed by atoms with Crippen LogP contribution in [0.5, 0.6) is 5.75 Å².